The van der Waals surface area contributed by atoms with Crippen LogP contribution < -0.4 is 10.6 Å². The van der Waals surface area contributed by atoms with E-state index in [2.05, 4.69) is 4.98 Å². The second-order valence-corrected chi connectivity index (χ2v) is 8.40. The van der Waals surface area contributed by atoms with E-state index in [-0.39, 0.29) is 17.7 Å². The molecule has 3 aromatic rings. The van der Waals surface area contributed by atoms with E-state index < -0.39 is 6.09 Å². The summed E-state index contributed by atoms with van der Waals surface area (Å²) < 4.78 is 6.15. The predicted molar refractivity (Wildman–Crippen MR) is 107 cm³/mol. The highest BCUT2D eigenvalue weighted by Gasteiger charge is 2.34. The summed E-state index contributed by atoms with van der Waals surface area (Å²) in [5, 5.41) is 12.0. The number of aromatic nitrogens is 1. The number of carbonyl (C=O) groups is 1. The van der Waals surface area contributed by atoms with E-state index in [1.807, 2.05) is 24.4 Å². The fourth-order valence-electron chi connectivity index (χ4n) is 3.33. The second kappa shape index (κ2) is 7.14. The molecule has 0 bridgehead atoms. The third-order valence-electron chi connectivity index (χ3n) is 4.61. The molecule has 1 atom stereocenters. The van der Waals surface area contributed by atoms with Crippen LogP contribution in [0.15, 0.2) is 28.0 Å². The van der Waals surface area contributed by atoms with Gasteiger partial charge in [0.05, 0.1) is 12.2 Å². The summed E-state index contributed by atoms with van der Waals surface area (Å²) in [6, 6.07) is 5.29. The fraction of sp³-hybridized carbons (Fsp3) is 0.368. The van der Waals surface area contributed by atoms with Gasteiger partial charge in [-0.3, -0.25) is 4.90 Å². The highest BCUT2D eigenvalue weighted by atomic mass is 35.5. The van der Waals surface area contributed by atoms with E-state index in [1.54, 1.807) is 6.07 Å². The van der Waals surface area contributed by atoms with Gasteiger partial charge in [0.15, 0.2) is 5.58 Å². The molecule has 142 valence electrons. The van der Waals surface area contributed by atoms with E-state index >= 15 is 0 Å². The summed E-state index contributed by atoms with van der Waals surface area (Å²) >= 11 is 7.78. The molecule has 3 aromatic heterocycles. The fourth-order valence-corrected chi connectivity index (χ4v) is 4.22. The van der Waals surface area contributed by atoms with Crippen molar-refractivity contribution in [1.29, 1.82) is 0 Å². The Labute approximate surface area is 165 Å². The third-order valence-corrected chi connectivity index (χ3v) is 5.67. The van der Waals surface area contributed by atoms with Gasteiger partial charge in [-0.05, 0) is 37.1 Å². The van der Waals surface area contributed by atoms with Gasteiger partial charge in [-0.2, -0.15) is 0 Å². The number of amides is 1. The molecule has 3 N–H and O–H groups in total. The van der Waals surface area contributed by atoms with Crippen LogP contribution in [0.4, 0.5) is 10.5 Å². The normalized spacial score (nSPS) is 15.2. The highest BCUT2D eigenvalue weighted by Crippen LogP contribution is 2.48. The average Bonchev–Trinajstić information content (AvgIpc) is 3.16. The van der Waals surface area contributed by atoms with Crippen LogP contribution in [-0.2, 0) is 13.0 Å². The molecule has 1 amide bonds. The number of fused-ring (bicyclic) bond motifs is 1. The lowest BCUT2D eigenvalue weighted by Crippen LogP contribution is -2.28. The predicted octanol–water partition coefficient (Wildman–Crippen LogP) is 4.99. The summed E-state index contributed by atoms with van der Waals surface area (Å²) in [7, 11) is 0. The zero-order valence-electron chi connectivity index (χ0n) is 14.8. The first-order valence-electron chi connectivity index (χ1n) is 8.84. The third kappa shape index (κ3) is 3.67. The van der Waals surface area contributed by atoms with Gasteiger partial charge in [-0.1, -0.05) is 17.7 Å². The monoisotopic (exact) mass is 405 g/mol. The van der Waals surface area contributed by atoms with E-state index in [0.717, 1.165) is 29.0 Å². The number of rotatable bonds is 6. The minimum absolute atomic E-state index is 0.0660. The van der Waals surface area contributed by atoms with Crippen LogP contribution in [0.1, 0.15) is 41.9 Å². The molecule has 4 rings (SSSR count). The minimum Gasteiger partial charge on any atom is -0.465 e. The molecule has 0 spiro atoms. The molecule has 1 aliphatic rings. The number of nitrogens with two attached hydrogens (primary N) is 1. The second-order valence-electron chi connectivity index (χ2n) is 6.98. The van der Waals surface area contributed by atoms with Crippen molar-refractivity contribution in [2.45, 2.75) is 44.7 Å². The quantitative estimate of drug-likeness (QED) is 0.563. The molecule has 0 saturated heterocycles. The Morgan fingerprint density at radius 2 is 2.33 bits per heavy atom. The zero-order chi connectivity index (χ0) is 19.1. The van der Waals surface area contributed by atoms with Crippen molar-refractivity contribution in [3.63, 3.8) is 0 Å². The molecule has 1 unspecified atom stereocenters. The number of halogens is 1. The van der Waals surface area contributed by atoms with Crippen LogP contribution in [0.3, 0.4) is 0 Å². The van der Waals surface area contributed by atoms with Crippen molar-refractivity contribution in [2.75, 3.05) is 4.90 Å². The summed E-state index contributed by atoms with van der Waals surface area (Å²) in [6.45, 7) is 2.15. The van der Waals surface area contributed by atoms with Crippen LogP contribution in [0, 0.1) is 0 Å². The lowest BCUT2D eigenvalue weighted by Gasteiger charge is -2.18. The standard InChI is InChI=1S/C19H20ClN3O3S/c1-10(21)7-14-16(11-4-5-11)17-18(26-14)13(8-15(20)22-17)23(19(24)25)9-12-3-2-6-27-12/h2-3,6,8,10-11H,4-5,7,9,21H2,1H3,(H,24,25). The molecule has 3 heterocycles. The number of anilines is 1. The van der Waals surface area contributed by atoms with E-state index in [4.69, 9.17) is 21.8 Å². The summed E-state index contributed by atoms with van der Waals surface area (Å²) in [5.41, 5.74) is 8.58. The van der Waals surface area contributed by atoms with Crippen LogP contribution in [0.5, 0.6) is 0 Å². The van der Waals surface area contributed by atoms with Crippen LogP contribution in [0.2, 0.25) is 5.15 Å². The first-order valence-corrected chi connectivity index (χ1v) is 10.1. The van der Waals surface area contributed by atoms with Crippen LogP contribution >= 0.6 is 22.9 Å². The number of thiophene rings is 1. The number of pyridine rings is 1. The maximum absolute atomic E-state index is 12.0. The van der Waals surface area contributed by atoms with Crippen molar-refractivity contribution < 1.29 is 14.3 Å². The van der Waals surface area contributed by atoms with Gasteiger partial charge in [0, 0.05) is 29.0 Å². The number of hydrogen-bond donors (Lipinski definition) is 2. The minimum atomic E-state index is -1.06. The maximum atomic E-state index is 12.0. The molecule has 0 aromatic carbocycles. The smallest absolute Gasteiger partial charge is 0.412 e. The van der Waals surface area contributed by atoms with Gasteiger partial charge in [-0.15, -0.1) is 11.3 Å². The molecule has 0 radical (unpaired) electrons. The van der Waals surface area contributed by atoms with E-state index in [0.29, 0.717) is 29.1 Å². The van der Waals surface area contributed by atoms with Gasteiger partial charge in [0.1, 0.15) is 16.4 Å². The van der Waals surface area contributed by atoms with Crippen LogP contribution in [-0.4, -0.2) is 22.2 Å². The van der Waals surface area contributed by atoms with Gasteiger partial charge in [0.25, 0.3) is 0 Å². The Kier molecular flexibility index (Phi) is 4.84. The number of carboxylic acid groups (broad SMARTS) is 1. The summed E-state index contributed by atoms with van der Waals surface area (Å²) in [5.74, 6) is 1.18. The molecule has 8 heteroatoms. The zero-order valence-corrected chi connectivity index (χ0v) is 16.4. The molecule has 1 aliphatic carbocycles. The van der Waals surface area contributed by atoms with Crippen molar-refractivity contribution in [3.05, 3.63) is 44.9 Å². The van der Waals surface area contributed by atoms with Crippen molar-refractivity contribution in [2.24, 2.45) is 5.73 Å². The molecule has 6 nitrogen and oxygen atoms in total. The largest absolute Gasteiger partial charge is 0.465 e. The Morgan fingerprint density at radius 3 is 2.93 bits per heavy atom. The first kappa shape index (κ1) is 18.3. The van der Waals surface area contributed by atoms with Gasteiger partial charge < -0.3 is 15.3 Å². The van der Waals surface area contributed by atoms with Gasteiger partial charge in [-0.25, -0.2) is 9.78 Å². The van der Waals surface area contributed by atoms with Crippen molar-refractivity contribution in [1.82, 2.24) is 4.98 Å². The number of hydrogen-bond acceptors (Lipinski definition) is 5. The SMILES string of the molecule is CC(N)Cc1oc2c(N(Cc3cccs3)C(=O)O)cc(Cl)nc2c1C1CC1. The molecule has 1 saturated carbocycles. The number of furan rings is 1. The van der Waals surface area contributed by atoms with Crippen molar-refractivity contribution >= 4 is 45.8 Å². The highest BCUT2D eigenvalue weighted by molar-refractivity contribution is 7.09. The average molecular weight is 406 g/mol. The van der Waals surface area contributed by atoms with Crippen molar-refractivity contribution in [3.8, 4) is 0 Å². The van der Waals surface area contributed by atoms with Gasteiger partial charge in [0.2, 0.25) is 0 Å². The number of nitrogens with zero attached hydrogens (tertiary/aromatic N) is 2. The molecule has 27 heavy (non-hydrogen) atoms. The molecule has 0 aliphatic heterocycles. The maximum Gasteiger partial charge on any atom is 0.412 e. The molecule has 1 fully saturated rings. The Balaban J connectivity index is 1.87. The Morgan fingerprint density at radius 1 is 1.56 bits per heavy atom. The lowest BCUT2D eigenvalue weighted by molar-refractivity contribution is 0.201. The lowest BCUT2D eigenvalue weighted by atomic mass is 10.1. The Bertz CT molecular complexity index is 980. The summed E-state index contributed by atoms with van der Waals surface area (Å²) in [4.78, 5) is 18.7. The summed E-state index contributed by atoms with van der Waals surface area (Å²) in [6.07, 6.45) is 1.66. The molecular weight excluding hydrogens is 386 g/mol. The van der Waals surface area contributed by atoms with Crippen LogP contribution in [0.25, 0.3) is 11.1 Å². The molecular formula is C19H20ClN3O3S. The first-order chi connectivity index (χ1) is 12.9. The van der Waals surface area contributed by atoms with E-state index in [1.165, 1.54) is 16.2 Å². The van der Waals surface area contributed by atoms with E-state index in [9.17, 15) is 9.90 Å². The Hall–Kier alpha value is -2.09. The topological polar surface area (TPSA) is 92.6 Å². The van der Waals surface area contributed by atoms with Gasteiger partial charge >= 0.3 is 6.09 Å².